The number of carbonyl (C=O) groups excluding carboxylic acids is 2. The molecule has 3 fully saturated rings. The molecule has 1 aliphatic carbocycles. The number of hydrogen-bond donors (Lipinski definition) is 2. The molecule has 4 N–H and O–H groups in total. The Bertz CT molecular complexity index is 834. The van der Waals surface area contributed by atoms with Crippen LogP contribution in [0.4, 0.5) is 14.9 Å². The summed E-state index contributed by atoms with van der Waals surface area (Å²) in [6, 6.07) is 7.14. The van der Waals surface area contributed by atoms with Gasteiger partial charge in [0.2, 0.25) is 5.91 Å². The predicted octanol–water partition coefficient (Wildman–Crippen LogP) is 2.29. The Morgan fingerprint density at radius 2 is 1.93 bits per heavy atom. The van der Waals surface area contributed by atoms with Crippen molar-refractivity contribution in [1.82, 2.24) is 4.90 Å². The van der Waals surface area contributed by atoms with Crippen LogP contribution in [0.25, 0.3) is 0 Å². The predicted molar refractivity (Wildman–Crippen MR) is 110 cm³/mol. The van der Waals surface area contributed by atoms with Crippen molar-refractivity contribution in [2.45, 2.75) is 44.5 Å². The molecule has 1 saturated carbocycles. The van der Waals surface area contributed by atoms with Gasteiger partial charge in [0, 0.05) is 48.8 Å². The second kappa shape index (κ2) is 8.49. The number of aliphatic imine (C=N–C) groups is 1. The first-order valence-electron chi connectivity index (χ1n) is 10.5. The van der Waals surface area contributed by atoms with Crippen molar-refractivity contribution < 1.29 is 18.7 Å². The van der Waals surface area contributed by atoms with Crippen LogP contribution in [-0.4, -0.2) is 48.5 Å². The van der Waals surface area contributed by atoms with E-state index in [1.807, 2.05) is 6.07 Å². The standard InChI is InChI=1S/C21H28FN5O3/c22-18(30-21(29)25-20(23)24)14-4-3-5-16(10-14)26-11-15(12-26)17-6-1-2-9-27(17)19(28)13-7-8-13/h3-5,10,13,15,17-18H,1-2,6-9,11-12H2,(H4,23,24,25,29). The van der Waals surface area contributed by atoms with E-state index in [0.29, 0.717) is 17.9 Å². The Balaban J connectivity index is 1.36. The molecule has 0 radical (unpaired) electrons. The summed E-state index contributed by atoms with van der Waals surface area (Å²) < 4.78 is 18.9. The van der Waals surface area contributed by atoms with Crippen LogP contribution in [0.1, 0.15) is 44.0 Å². The van der Waals surface area contributed by atoms with Gasteiger partial charge in [-0.3, -0.25) is 4.79 Å². The third-order valence-electron chi connectivity index (χ3n) is 6.13. The Labute approximate surface area is 175 Å². The normalized spacial score (nSPS) is 22.8. The first-order chi connectivity index (χ1) is 14.4. The molecule has 4 rings (SSSR count). The number of amides is 2. The van der Waals surface area contributed by atoms with E-state index < -0.39 is 18.4 Å². The highest BCUT2D eigenvalue weighted by atomic mass is 19.1. The number of alkyl halides is 1. The zero-order valence-electron chi connectivity index (χ0n) is 16.9. The Kier molecular flexibility index (Phi) is 5.78. The lowest BCUT2D eigenvalue weighted by Crippen LogP contribution is -2.59. The largest absolute Gasteiger partial charge is 0.439 e. The van der Waals surface area contributed by atoms with Crippen molar-refractivity contribution in [3.63, 3.8) is 0 Å². The molecule has 0 spiro atoms. The number of hydrogen-bond acceptors (Lipinski definition) is 4. The molecular weight excluding hydrogens is 389 g/mol. The van der Waals surface area contributed by atoms with Crippen molar-refractivity contribution in [2.75, 3.05) is 24.5 Å². The quantitative estimate of drug-likeness (QED) is 0.561. The fourth-order valence-electron chi connectivity index (χ4n) is 4.40. The summed E-state index contributed by atoms with van der Waals surface area (Å²) in [7, 11) is 0. The average molecular weight is 417 g/mol. The Morgan fingerprint density at radius 1 is 1.17 bits per heavy atom. The van der Waals surface area contributed by atoms with Gasteiger partial charge in [0.15, 0.2) is 5.96 Å². The molecule has 8 nitrogen and oxygen atoms in total. The summed E-state index contributed by atoms with van der Waals surface area (Å²) in [6.45, 7) is 2.53. The van der Waals surface area contributed by atoms with Gasteiger partial charge in [-0.2, -0.15) is 4.39 Å². The average Bonchev–Trinajstić information content (AvgIpc) is 3.51. The molecule has 30 heavy (non-hydrogen) atoms. The number of halogens is 1. The van der Waals surface area contributed by atoms with Crippen LogP contribution in [0.3, 0.4) is 0 Å². The summed E-state index contributed by atoms with van der Waals surface area (Å²) in [6.07, 6.45) is 2.25. The first-order valence-corrected chi connectivity index (χ1v) is 10.5. The van der Waals surface area contributed by atoms with E-state index in [1.54, 1.807) is 18.2 Å². The van der Waals surface area contributed by atoms with E-state index in [1.165, 1.54) is 0 Å². The molecule has 3 aliphatic rings. The number of piperidine rings is 1. The lowest BCUT2D eigenvalue weighted by atomic mass is 9.84. The third kappa shape index (κ3) is 4.49. The number of nitrogens with zero attached hydrogens (tertiary/aromatic N) is 3. The number of nitrogens with two attached hydrogens (primary N) is 2. The summed E-state index contributed by atoms with van der Waals surface area (Å²) in [4.78, 5) is 31.5. The van der Waals surface area contributed by atoms with Crippen LogP contribution in [0.2, 0.25) is 0 Å². The van der Waals surface area contributed by atoms with Gasteiger partial charge in [-0.1, -0.05) is 12.1 Å². The fraction of sp³-hybridized carbons (Fsp3) is 0.571. The number of guanidine groups is 1. The molecular formula is C21H28FN5O3. The Hall–Kier alpha value is -2.84. The van der Waals surface area contributed by atoms with Crippen molar-refractivity contribution in [2.24, 2.45) is 28.3 Å². The number of ether oxygens (including phenoxy) is 1. The minimum Gasteiger partial charge on any atom is -0.409 e. The molecule has 2 amide bonds. The molecule has 162 valence electrons. The van der Waals surface area contributed by atoms with Crippen molar-refractivity contribution >= 4 is 23.6 Å². The van der Waals surface area contributed by atoms with Crippen molar-refractivity contribution in [3.8, 4) is 0 Å². The molecule has 0 bridgehead atoms. The number of benzene rings is 1. The number of rotatable bonds is 5. The fourth-order valence-corrected chi connectivity index (χ4v) is 4.40. The molecule has 2 saturated heterocycles. The monoisotopic (exact) mass is 417 g/mol. The van der Waals surface area contributed by atoms with Crippen LogP contribution in [0, 0.1) is 11.8 Å². The van der Waals surface area contributed by atoms with Gasteiger partial charge in [-0.25, -0.2) is 4.79 Å². The molecule has 2 heterocycles. The molecule has 2 aliphatic heterocycles. The van der Waals surface area contributed by atoms with E-state index in [4.69, 9.17) is 11.5 Å². The van der Waals surface area contributed by atoms with Gasteiger partial charge in [0.05, 0.1) is 0 Å². The second-order valence-electron chi connectivity index (χ2n) is 8.37. The molecule has 2 unspecified atom stereocenters. The summed E-state index contributed by atoms with van der Waals surface area (Å²) in [5, 5.41) is 0. The van der Waals surface area contributed by atoms with Gasteiger partial charge >= 0.3 is 6.09 Å². The highest BCUT2D eigenvalue weighted by Gasteiger charge is 2.43. The van der Waals surface area contributed by atoms with Gasteiger partial charge in [-0.05, 0) is 44.2 Å². The van der Waals surface area contributed by atoms with Gasteiger partial charge in [0.25, 0.3) is 6.36 Å². The zero-order valence-corrected chi connectivity index (χ0v) is 16.9. The summed E-state index contributed by atoms with van der Waals surface area (Å²) in [5.74, 6) is 0.534. The van der Waals surface area contributed by atoms with Crippen LogP contribution < -0.4 is 16.4 Å². The number of carbonyl (C=O) groups is 2. The number of anilines is 1. The van der Waals surface area contributed by atoms with Gasteiger partial charge in [-0.15, -0.1) is 4.99 Å². The summed E-state index contributed by atoms with van der Waals surface area (Å²) >= 11 is 0. The van der Waals surface area contributed by atoms with Crippen LogP contribution in [-0.2, 0) is 9.53 Å². The van der Waals surface area contributed by atoms with Gasteiger partial charge in [0.1, 0.15) is 0 Å². The van der Waals surface area contributed by atoms with E-state index >= 15 is 0 Å². The zero-order chi connectivity index (χ0) is 21.3. The highest BCUT2D eigenvalue weighted by Crippen LogP contribution is 2.38. The van der Waals surface area contributed by atoms with Crippen LogP contribution in [0.5, 0.6) is 0 Å². The maximum atomic E-state index is 14.3. The van der Waals surface area contributed by atoms with Crippen LogP contribution in [0.15, 0.2) is 29.3 Å². The third-order valence-corrected chi connectivity index (χ3v) is 6.13. The molecule has 1 aromatic carbocycles. The first kappa shape index (κ1) is 20.4. The summed E-state index contributed by atoms with van der Waals surface area (Å²) in [5.41, 5.74) is 11.3. The lowest BCUT2D eigenvalue weighted by molar-refractivity contribution is -0.138. The lowest BCUT2D eigenvalue weighted by Gasteiger charge is -2.50. The van der Waals surface area contributed by atoms with Crippen LogP contribution >= 0.6 is 0 Å². The Morgan fingerprint density at radius 3 is 2.63 bits per heavy atom. The minimum atomic E-state index is -1.96. The topological polar surface area (TPSA) is 114 Å². The SMILES string of the molecule is NC(N)=NC(=O)OC(F)c1cccc(N2CC(C3CCCCN3C(=O)C3CC3)C2)c1. The van der Waals surface area contributed by atoms with E-state index in [0.717, 1.165) is 57.4 Å². The minimum absolute atomic E-state index is 0.221. The molecule has 1 aromatic rings. The number of likely N-dealkylation sites (tertiary alicyclic amines) is 1. The molecule has 2 atom stereocenters. The van der Waals surface area contributed by atoms with Gasteiger partial charge < -0.3 is 26.0 Å². The van der Waals surface area contributed by atoms with E-state index in [2.05, 4.69) is 19.5 Å². The maximum absolute atomic E-state index is 14.3. The maximum Gasteiger partial charge on any atom is 0.439 e. The second-order valence-corrected chi connectivity index (χ2v) is 8.37. The molecule has 0 aromatic heterocycles. The van der Waals surface area contributed by atoms with E-state index in [9.17, 15) is 14.0 Å². The van der Waals surface area contributed by atoms with E-state index in [-0.39, 0.29) is 11.5 Å². The highest BCUT2D eigenvalue weighted by molar-refractivity contribution is 5.88. The van der Waals surface area contributed by atoms with Crippen molar-refractivity contribution in [3.05, 3.63) is 29.8 Å². The molecule has 9 heteroatoms. The smallest absolute Gasteiger partial charge is 0.409 e. The van der Waals surface area contributed by atoms with Crippen molar-refractivity contribution in [1.29, 1.82) is 0 Å².